The van der Waals surface area contributed by atoms with Crippen LogP contribution < -0.4 is 4.90 Å². The summed E-state index contributed by atoms with van der Waals surface area (Å²) in [5.74, 6) is 1.22. The van der Waals surface area contributed by atoms with Crippen molar-refractivity contribution in [1.29, 1.82) is 0 Å². The highest BCUT2D eigenvalue weighted by Crippen LogP contribution is 2.27. The molecular weight excluding hydrogens is 382 g/mol. The molecular formula is C22H27N5O3. The monoisotopic (exact) mass is 409 g/mol. The Balaban J connectivity index is 1.12. The van der Waals surface area contributed by atoms with Crippen molar-refractivity contribution >= 4 is 23.0 Å². The van der Waals surface area contributed by atoms with Crippen molar-refractivity contribution < 1.29 is 13.7 Å². The number of para-hydroxylation sites is 2. The molecule has 0 unspecified atom stereocenters. The standard InChI is InChI=1S/C22H27N5O3/c1-16-14-18(24-30-16)15-25-10-12-26(13-11-25)21(28)17-6-8-27(9-7-17)22-23-19-4-2-3-5-20(19)29-22/h2-5,14,17H,6-13,15H2,1H3. The molecule has 0 spiro atoms. The lowest BCUT2D eigenvalue weighted by atomic mass is 9.95. The summed E-state index contributed by atoms with van der Waals surface area (Å²) in [4.78, 5) is 24.1. The number of piperazine rings is 1. The lowest BCUT2D eigenvalue weighted by molar-refractivity contribution is -0.138. The summed E-state index contributed by atoms with van der Waals surface area (Å²) in [7, 11) is 0. The van der Waals surface area contributed by atoms with Crippen LogP contribution in [0, 0.1) is 12.8 Å². The number of amides is 1. The molecule has 1 aromatic carbocycles. The van der Waals surface area contributed by atoms with Gasteiger partial charge in [0.1, 0.15) is 11.3 Å². The molecule has 8 heteroatoms. The minimum atomic E-state index is 0.0929. The second-order valence-corrected chi connectivity index (χ2v) is 8.26. The van der Waals surface area contributed by atoms with E-state index >= 15 is 0 Å². The number of aryl methyl sites for hydroxylation is 1. The predicted octanol–water partition coefficient (Wildman–Crippen LogP) is 2.69. The Labute approximate surface area is 175 Å². The van der Waals surface area contributed by atoms with Crippen molar-refractivity contribution in [3.05, 3.63) is 41.8 Å². The molecule has 0 aliphatic carbocycles. The van der Waals surface area contributed by atoms with Gasteiger partial charge >= 0.3 is 0 Å². The fourth-order valence-corrected chi connectivity index (χ4v) is 4.42. The van der Waals surface area contributed by atoms with Crippen LogP contribution in [-0.2, 0) is 11.3 Å². The molecule has 8 nitrogen and oxygen atoms in total. The smallest absolute Gasteiger partial charge is 0.298 e. The van der Waals surface area contributed by atoms with Crippen LogP contribution in [0.25, 0.3) is 11.1 Å². The first-order valence-electron chi connectivity index (χ1n) is 10.7. The van der Waals surface area contributed by atoms with E-state index in [1.165, 1.54) is 0 Å². The average molecular weight is 409 g/mol. The summed E-state index contributed by atoms with van der Waals surface area (Å²) in [5, 5.41) is 4.07. The van der Waals surface area contributed by atoms with Crippen molar-refractivity contribution in [2.75, 3.05) is 44.2 Å². The van der Waals surface area contributed by atoms with Gasteiger partial charge in [-0.25, -0.2) is 0 Å². The minimum Gasteiger partial charge on any atom is -0.423 e. The number of anilines is 1. The zero-order valence-electron chi connectivity index (χ0n) is 17.3. The Morgan fingerprint density at radius 3 is 2.57 bits per heavy atom. The van der Waals surface area contributed by atoms with Crippen LogP contribution in [0.1, 0.15) is 24.3 Å². The summed E-state index contributed by atoms with van der Waals surface area (Å²) in [5.41, 5.74) is 2.65. The third-order valence-electron chi connectivity index (χ3n) is 6.14. The number of fused-ring (bicyclic) bond motifs is 1. The van der Waals surface area contributed by atoms with Crippen molar-refractivity contribution in [2.45, 2.75) is 26.3 Å². The highest BCUT2D eigenvalue weighted by molar-refractivity contribution is 5.79. The molecule has 0 radical (unpaired) electrons. The maximum absolute atomic E-state index is 13.0. The molecule has 3 aromatic rings. The highest BCUT2D eigenvalue weighted by atomic mass is 16.5. The number of hydrogen-bond donors (Lipinski definition) is 0. The van der Waals surface area contributed by atoms with Gasteiger partial charge in [-0.3, -0.25) is 9.69 Å². The summed E-state index contributed by atoms with van der Waals surface area (Å²) in [6, 6.07) is 10.5. The topological polar surface area (TPSA) is 78.9 Å². The highest BCUT2D eigenvalue weighted by Gasteiger charge is 2.31. The molecule has 2 fully saturated rings. The van der Waals surface area contributed by atoms with Crippen LogP contribution in [0.5, 0.6) is 0 Å². The van der Waals surface area contributed by atoms with E-state index in [2.05, 4.69) is 19.9 Å². The predicted molar refractivity (Wildman–Crippen MR) is 112 cm³/mol. The number of carbonyl (C=O) groups is 1. The van der Waals surface area contributed by atoms with E-state index in [-0.39, 0.29) is 5.92 Å². The van der Waals surface area contributed by atoms with Crippen molar-refractivity contribution in [3.8, 4) is 0 Å². The lowest BCUT2D eigenvalue weighted by Crippen LogP contribution is -2.51. The van der Waals surface area contributed by atoms with Gasteiger partial charge in [0.15, 0.2) is 5.58 Å². The Kier molecular flexibility index (Phi) is 5.16. The fraction of sp³-hybridized carbons (Fsp3) is 0.500. The number of oxazole rings is 1. The van der Waals surface area contributed by atoms with Gasteiger partial charge in [-0.1, -0.05) is 17.3 Å². The third-order valence-corrected chi connectivity index (χ3v) is 6.14. The van der Waals surface area contributed by atoms with Crippen molar-refractivity contribution in [1.82, 2.24) is 19.9 Å². The van der Waals surface area contributed by atoms with E-state index in [0.717, 1.165) is 81.2 Å². The average Bonchev–Trinajstić information content (AvgIpc) is 3.40. The van der Waals surface area contributed by atoms with Crippen LogP contribution in [0.4, 0.5) is 6.01 Å². The molecule has 0 N–H and O–H groups in total. The zero-order valence-corrected chi connectivity index (χ0v) is 17.3. The number of carbonyl (C=O) groups excluding carboxylic acids is 1. The van der Waals surface area contributed by atoms with Gasteiger partial charge in [0.05, 0.1) is 5.69 Å². The summed E-state index contributed by atoms with van der Waals surface area (Å²) in [6.45, 7) is 7.59. The van der Waals surface area contributed by atoms with Crippen LogP contribution >= 0.6 is 0 Å². The summed E-state index contributed by atoms with van der Waals surface area (Å²) in [6.07, 6.45) is 1.69. The fourth-order valence-electron chi connectivity index (χ4n) is 4.42. The van der Waals surface area contributed by atoms with E-state index < -0.39 is 0 Å². The van der Waals surface area contributed by atoms with E-state index in [0.29, 0.717) is 11.9 Å². The molecule has 2 saturated heterocycles. The third kappa shape index (κ3) is 3.92. The van der Waals surface area contributed by atoms with Gasteiger partial charge in [-0.2, -0.15) is 4.98 Å². The van der Waals surface area contributed by atoms with Crippen molar-refractivity contribution in [3.63, 3.8) is 0 Å². The second-order valence-electron chi connectivity index (χ2n) is 8.26. The molecule has 5 rings (SSSR count). The van der Waals surface area contributed by atoms with Crippen molar-refractivity contribution in [2.24, 2.45) is 5.92 Å². The SMILES string of the molecule is Cc1cc(CN2CCN(C(=O)C3CCN(c4nc5ccccc5o4)CC3)CC2)no1. The van der Waals surface area contributed by atoms with Gasteiger partial charge < -0.3 is 18.7 Å². The van der Waals surface area contributed by atoms with Gasteiger partial charge in [0, 0.05) is 57.8 Å². The zero-order chi connectivity index (χ0) is 20.5. The van der Waals surface area contributed by atoms with Gasteiger partial charge in [0.25, 0.3) is 6.01 Å². The van der Waals surface area contributed by atoms with Gasteiger partial charge in [-0.05, 0) is 31.9 Å². The Morgan fingerprint density at radius 2 is 1.87 bits per heavy atom. The summed E-state index contributed by atoms with van der Waals surface area (Å²) < 4.78 is 11.0. The van der Waals surface area contributed by atoms with Crippen LogP contribution in [0.3, 0.4) is 0 Å². The molecule has 0 atom stereocenters. The molecule has 0 saturated carbocycles. The molecule has 2 aliphatic heterocycles. The summed E-state index contributed by atoms with van der Waals surface area (Å²) >= 11 is 0. The molecule has 158 valence electrons. The normalized spacial score (nSPS) is 19.0. The number of piperidine rings is 1. The van der Waals surface area contributed by atoms with Gasteiger partial charge in [-0.15, -0.1) is 0 Å². The maximum Gasteiger partial charge on any atom is 0.298 e. The Morgan fingerprint density at radius 1 is 1.10 bits per heavy atom. The first-order chi connectivity index (χ1) is 14.7. The molecule has 4 heterocycles. The molecule has 30 heavy (non-hydrogen) atoms. The van der Waals surface area contributed by atoms with Crippen LogP contribution in [0.15, 0.2) is 39.3 Å². The number of aromatic nitrogens is 2. The number of benzene rings is 1. The number of hydrogen-bond acceptors (Lipinski definition) is 7. The Bertz CT molecular complexity index is 980. The molecule has 2 aromatic heterocycles. The number of nitrogens with zero attached hydrogens (tertiary/aromatic N) is 5. The quantitative estimate of drug-likeness (QED) is 0.655. The first-order valence-corrected chi connectivity index (χ1v) is 10.7. The van der Waals surface area contributed by atoms with Crippen LogP contribution in [0.2, 0.25) is 0 Å². The second kappa shape index (κ2) is 8.10. The largest absolute Gasteiger partial charge is 0.423 e. The van der Waals surface area contributed by atoms with E-state index in [1.807, 2.05) is 42.2 Å². The molecule has 0 bridgehead atoms. The lowest BCUT2D eigenvalue weighted by Gasteiger charge is -2.38. The van der Waals surface area contributed by atoms with Crippen LogP contribution in [-0.4, -0.2) is 65.1 Å². The Hall–Kier alpha value is -2.87. The first kappa shape index (κ1) is 19.1. The van der Waals surface area contributed by atoms with E-state index in [4.69, 9.17) is 8.94 Å². The van der Waals surface area contributed by atoms with Gasteiger partial charge in [0.2, 0.25) is 5.91 Å². The number of rotatable bonds is 4. The maximum atomic E-state index is 13.0. The molecule has 2 aliphatic rings. The van der Waals surface area contributed by atoms with E-state index in [1.54, 1.807) is 0 Å². The molecule has 1 amide bonds. The van der Waals surface area contributed by atoms with E-state index in [9.17, 15) is 4.79 Å². The minimum absolute atomic E-state index is 0.0929.